The Kier molecular flexibility index (Phi) is 4.30. The van der Waals surface area contributed by atoms with Gasteiger partial charge in [0.05, 0.1) is 13.1 Å². The van der Waals surface area contributed by atoms with Crippen molar-refractivity contribution in [2.45, 2.75) is 38.6 Å². The number of amides is 1. The minimum absolute atomic E-state index is 0.00146. The van der Waals surface area contributed by atoms with Gasteiger partial charge in [-0.25, -0.2) is 9.48 Å². The van der Waals surface area contributed by atoms with E-state index in [1.54, 1.807) is 4.57 Å². The molecule has 1 unspecified atom stereocenters. The molecule has 1 amide bonds. The van der Waals surface area contributed by atoms with E-state index in [0.717, 1.165) is 12.1 Å². The van der Waals surface area contributed by atoms with E-state index < -0.39 is 5.60 Å². The SMILES string of the molecule is CCn1nc2n(c1=O)CC1(CCN(C(=O)c3cccc(N(C)C)c3)C1)OC2. The van der Waals surface area contributed by atoms with Crippen LogP contribution in [0.5, 0.6) is 0 Å². The van der Waals surface area contributed by atoms with Crippen LogP contribution < -0.4 is 10.6 Å². The van der Waals surface area contributed by atoms with Crippen LogP contribution in [0.25, 0.3) is 0 Å². The molecule has 2 aliphatic rings. The highest BCUT2D eigenvalue weighted by Gasteiger charge is 2.45. The lowest BCUT2D eigenvalue weighted by atomic mass is 10.0. The van der Waals surface area contributed by atoms with Crippen LogP contribution in [-0.2, 0) is 24.4 Å². The maximum Gasteiger partial charge on any atom is 0.346 e. The maximum absolute atomic E-state index is 13.0. The number of anilines is 1. The van der Waals surface area contributed by atoms with E-state index in [-0.39, 0.29) is 11.6 Å². The first-order valence-corrected chi connectivity index (χ1v) is 9.29. The molecule has 0 radical (unpaired) electrons. The number of ether oxygens (including phenoxy) is 1. The van der Waals surface area contributed by atoms with Crippen LogP contribution >= 0.6 is 0 Å². The van der Waals surface area contributed by atoms with Crippen molar-refractivity contribution in [1.82, 2.24) is 19.2 Å². The van der Waals surface area contributed by atoms with Gasteiger partial charge in [-0.15, -0.1) is 0 Å². The third-order valence-corrected chi connectivity index (χ3v) is 5.47. The molecule has 144 valence electrons. The molecule has 2 aliphatic heterocycles. The van der Waals surface area contributed by atoms with Crippen LogP contribution in [0.4, 0.5) is 5.69 Å². The number of hydrogen-bond acceptors (Lipinski definition) is 5. The standard InChI is InChI=1S/C19H25N5O3/c1-4-24-18(26)23-13-19(27-11-16(23)20-24)8-9-22(12-19)17(25)14-6-5-7-15(10-14)21(2)3/h5-7,10H,4,8-9,11-13H2,1-3H3. The summed E-state index contributed by atoms with van der Waals surface area (Å²) in [6.07, 6.45) is 0.718. The lowest BCUT2D eigenvalue weighted by Crippen LogP contribution is -2.47. The van der Waals surface area contributed by atoms with Crippen LogP contribution in [0.1, 0.15) is 29.5 Å². The third-order valence-electron chi connectivity index (χ3n) is 5.47. The van der Waals surface area contributed by atoms with Crippen molar-refractivity contribution in [2.75, 3.05) is 32.1 Å². The molecule has 0 N–H and O–H groups in total. The first-order chi connectivity index (χ1) is 12.9. The molecule has 1 atom stereocenters. The number of hydrogen-bond donors (Lipinski definition) is 0. The van der Waals surface area contributed by atoms with E-state index in [4.69, 9.17) is 4.74 Å². The van der Waals surface area contributed by atoms with Gasteiger partial charge in [0.25, 0.3) is 5.91 Å². The Labute approximate surface area is 157 Å². The van der Waals surface area contributed by atoms with E-state index in [1.165, 1.54) is 4.68 Å². The van der Waals surface area contributed by atoms with Crippen molar-refractivity contribution >= 4 is 11.6 Å². The monoisotopic (exact) mass is 371 g/mol. The molecule has 8 heteroatoms. The van der Waals surface area contributed by atoms with E-state index in [1.807, 2.05) is 55.1 Å². The summed E-state index contributed by atoms with van der Waals surface area (Å²) in [6.45, 7) is 4.30. The molecule has 1 saturated heterocycles. The summed E-state index contributed by atoms with van der Waals surface area (Å²) in [5.41, 5.74) is 1.06. The van der Waals surface area contributed by atoms with Gasteiger partial charge in [0.15, 0.2) is 5.82 Å². The molecule has 0 aliphatic carbocycles. The Morgan fingerprint density at radius 3 is 2.89 bits per heavy atom. The van der Waals surface area contributed by atoms with Crippen LogP contribution in [0.15, 0.2) is 29.1 Å². The van der Waals surface area contributed by atoms with Crippen molar-refractivity contribution in [3.8, 4) is 0 Å². The molecule has 0 bridgehead atoms. The summed E-state index contributed by atoms with van der Waals surface area (Å²) >= 11 is 0. The number of fused-ring (bicyclic) bond motifs is 1. The molecule has 1 aromatic carbocycles. The third kappa shape index (κ3) is 3.03. The van der Waals surface area contributed by atoms with E-state index in [9.17, 15) is 9.59 Å². The van der Waals surface area contributed by atoms with Gasteiger partial charge >= 0.3 is 5.69 Å². The largest absolute Gasteiger partial charge is 0.378 e. The highest BCUT2D eigenvalue weighted by Crippen LogP contribution is 2.32. The first kappa shape index (κ1) is 17.8. The summed E-state index contributed by atoms with van der Waals surface area (Å²) in [5, 5.41) is 4.31. The maximum atomic E-state index is 13.0. The van der Waals surface area contributed by atoms with Gasteiger partial charge < -0.3 is 14.5 Å². The zero-order chi connectivity index (χ0) is 19.2. The van der Waals surface area contributed by atoms with Gasteiger partial charge in [-0.2, -0.15) is 5.10 Å². The highest BCUT2D eigenvalue weighted by atomic mass is 16.5. The molecule has 4 rings (SSSR count). The zero-order valence-corrected chi connectivity index (χ0v) is 16.0. The summed E-state index contributed by atoms with van der Waals surface area (Å²) < 4.78 is 9.27. The van der Waals surface area contributed by atoms with E-state index in [2.05, 4.69) is 5.10 Å². The number of benzene rings is 1. The minimum atomic E-state index is -0.507. The molecule has 3 heterocycles. The van der Waals surface area contributed by atoms with Crippen molar-refractivity contribution in [2.24, 2.45) is 0 Å². The summed E-state index contributed by atoms with van der Waals surface area (Å²) in [6, 6.07) is 7.63. The smallest absolute Gasteiger partial charge is 0.346 e. The van der Waals surface area contributed by atoms with Gasteiger partial charge in [0, 0.05) is 38.4 Å². The van der Waals surface area contributed by atoms with Gasteiger partial charge in [-0.1, -0.05) is 6.07 Å². The number of rotatable bonds is 3. The Bertz CT molecular complexity index is 932. The number of aryl methyl sites for hydroxylation is 1. The molecule has 0 saturated carbocycles. The summed E-state index contributed by atoms with van der Waals surface area (Å²) in [7, 11) is 3.91. The van der Waals surface area contributed by atoms with Crippen molar-refractivity contribution in [1.29, 1.82) is 0 Å². The van der Waals surface area contributed by atoms with Crippen molar-refractivity contribution in [3.05, 3.63) is 46.1 Å². The number of aromatic nitrogens is 3. The number of nitrogens with zero attached hydrogens (tertiary/aromatic N) is 5. The lowest BCUT2D eigenvalue weighted by molar-refractivity contribution is -0.0816. The van der Waals surface area contributed by atoms with Crippen LogP contribution in [0.2, 0.25) is 0 Å². The second-order valence-electron chi connectivity index (χ2n) is 7.49. The van der Waals surface area contributed by atoms with Gasteiger partial charge in [0.2, 0.25) is 0 Å². The predicted molar refractivity (Wildman–Crippen MR) is 101 cm³/mol. The Balaban J connectivity index is 1.53. The number of carbonyl (C=O) groups excluding carboxylic acids is 1. The molecular weight excluding hydrogens is 346 g/mol. The van der Waals surface area contributed by atoms with Crippen LogP contribution in [0, 0.1) is 0 Å². The topological polar surface area (TPSA) is 72.6 Å². The zero-order valence-electron chi connectivity index (χ0n) is 16.0. The Morgan fingerprint density at radius 2 is 2.15 bits per heavy atom. The number of carbonyl (C=O) groups is 1. The second-order valence-corrected chi connectivity index (χ2v) is 7.49. The number of likely N-dealkylation sites (tertiary alicyclic amines) is 1. The van der Waals surface area contributed by atoms with Crippen LogP contribution in [0.3, 0.4) is 0 Å². The summed E-state index contributed by atoms with van der Waals surface area (Å²) in [4.78, 5) is 29.2. The van der Waals surface area contributed by atoms with Crippen molar-refractivity contribution < 1.29 is 9.53 Å². The Hall–Kier alpha value is -2.61. The molecule has 1 aromatic heterocycles. The normalized spacial score (nSPS) is 21.5. The average Bonchev–Trinajstić information content (AvgIpc) is 3.23. The van der Waals surface area contributed by atoms with E-state index >= 15 is 0 Å². The van der Waals surface area contributed by atoms with Gasteiger partial charge in [-0.05, 0) is 31.5 Å². The summed E-state index contributed by atoms with van der Waals surface area (Å²) in [5.74, 6) is 0.664. The Morgan fingerprint density at radius 1 is 1.33 bits per heavy atom. The fourth-order valence-corrected chi connectivity index (χ4v) is 3.87. The molecule has 1 spiro atoms. The molecule has 1 fully saturated rings. The quantitative estimate of drug-likeness (QED) is 0.803. The van der Waals surface area contributed by atoms with Crippen molar-refractivity contribution in [3.63, 3.8) is 0 Å². The van der Waals surface area contributed by atoms with Gasteiger partial charge in [-0.3, -0.25) is 9.36 Å². The minimum Gasteiger partial charge on any atom is -0.378 e. The molecule has 8 nitrogen and oxygen atoms in total. The highest BCUT2D eigenvalue weighted by molar-refractivity contribution is 5.95. The van der Waals surface area contributed by atoms with Gasteiger partial charge in [0.1, 0.15) is 12.2 Å². The van der Waals surface area contributed by atoms with Crippen LogP contribution in [-0.4, -0.2) is 57.9 Å². The molecule has 27 heavy (non-hydrogen) atoms. The molecule has 2 aromatic rings. The first-order valence-electron chi connectivity index (χ1n) is 9.29. The fourth-order valence-electron chi connectivity index (χ4n) is 3.87. The lowest BCUT2D eigenvalue weighted by Gasteiger charge is -2.33. The second kappa shape index (κ2) is 6.53. The average molecular weight is 371 g/mol. The van der Waals surface area contributed by atoms with E-state index in [0.29, 0.717) is 44.2 Å². The predicted octanol–water partition coefficient (Wildman–Crippen LogP) is 0.946. The fraction of sp³-hybridized carbons (Fsp3) is 0.526. The molecular formula is C19H25N5O3.